The van der Waals surface area contributed by atoms with Gasteiger partial charge in [0.1, 0.15) is 0 Å². The Morgan fingerprint density at radius 1 is 1.16 bits per heavy atom. The normalized spacial score (nSPS) is 11.2. The van der Waals surface area contributed by atoms with E-state index in [2.05, 4.69) is 11.5 Å². The van der Waals surface area contributed by atoms with Gasteiger partial charge in [0.2, 0.25) is 0 Å². The Kier molecular flexibility index (Phi) is 2.41. The van der Waals surface area contributed by atoms with Gasteiger partial charge in [-0.15, -0.1) is 0 Å². The zero-order chi connectivity index (χ0) is 13.6. The predicted molar refractivity (Wildman–Crippen MR) is 76.2 cm³/mol. The number of hydrogen-bond donors (Lipinski definition) is 1. The highest BCUT2D eigenvalue weighted by atomic mass is 16.6. The summed E-state index contributed by atoms with van der Waals surface area (Å²) in [6.07, 6.45) is 0. The number of nitro groups is 1. The van der Waals surface area contributed by atoms with Gasteiger partial charge in [0.25, 0.3) is 5.69 Å². The number of anilines is 1. The molecule has 0 aliphatic rings. The molecule has 0 spiro atoms. The van der Waals surface area contributed by atoms with Gasteiger partial charge in [0.05, 0.1) is 4.92 Å². The van der Waals surface area contributed by atoms with Crippen LogP contribution in [0.4, 0.5) is 11.4 Å². The van der Waals surface area contributed by atoms with Gasteiger partial charge >= 0.3 is 0 Å². The van der Waals surface area contributed by atoms with E-state index in [-0.39, 0.29) is 10.6 Å². The maximum Gasteiger partial charge on any atom is 0.270 e. The molecule has 3 aromatic rings. The summed E-state index contributed by atoms with van der Waals surface area (Å²) in [4.78, 5) is 10.5. The standard InChI is InChI=1S/C14H13N3O2/c1-2-16-13-5-3-9(15)7-11(13)12-8-10(17(18)19)4-6-14(12)16/h3-8H,2,15H2,1H3. The number of hydrogen-bond acceptors (Lipinski definition) is 3. The van der Waals surface area contributed by atoms with Crippen molar-refractivity contribution >= 4 is 33.2 Å². The number of nitro benzene ring substituents is 1. The van der Waals surface area contributed by atoms with E-state index in [1.807, 2.05) is 18.2 Å². The summed E-state index contributed by atoms with van der Waals surface area (Å²) in [6.45, 7) is 2.86. The van der Waals surface area contributed by atoms with Gasteiger partial charge in [0.15, 0.2) is 0 Å². The quantitative estimate of drug-likeness (QED) is 0.433. The highest BCUT2D eigenvalue weighted by Crippen LogP contribution is 2.32. The van der Waals surface area contributed by atoms with Crippen LogP contribution >= 0.6 is 0 Å². The summed E-state index contributed by atoms with van der Waals surface area (Å²) < 4.78 is 2.13. The average molecular weight is 255 g/mol. The number of nitrogen functional groups attached to an aromatic ring is 1. The second-order valence-corrected chi connectivity index (χ2v) is 4.48. The minimum Gasteiger partial charge on any atom is -0.399 e. The topological polar surface area (TPSA) is 74.1 Å². The Morgan fingerprint density at radius 2 is 1.79 bits per heavy atom. The molecule has 0 atom stereocenters. The Balaban J connectivity index is 2.49. The third-order valence-electron chi connectivity index (χ3n) is 3.40. The third-order valence-corrected chi connectivity index (χ3v) is 3.40. The fourth-order valence-electron chi connectivity index (χ4n) is 2.56. The summed E-state index contributed by atoms with van der Waals surface area (Å²) >= 11 is 0. The van der Waals surface area contributed by atoms with E-state index in [0.29, 0.717) is 5.69 Å². The Hall–Kier alpha value is -2.56. The number of rotatable bonds is 2. The highest BCUT2D eigenvalue weighted by Gasteiger charge is 2.13. The van der Waals surface area contributed by atoms with Crippen LogP contribution in [0.3, 0.4) is 0 Å². The largest absolute Gasteiger partial charge is 0.399 e. The lowest BCUT2D eigenvalue weighted by Gasteiger charge is -2.02. The molecule has 0 aliphatic heterocycles. The Morgan fingerprint density at radius 3 is 2.42 bits per heavy atom. The first kappa shape index (κ1) is 11.5. The fourth-order valence-corrected chi connectivity index (χ4v) is 2.56. The van der Waals surface area contributed by atoms with Crippen LogP contribution in [0.25, 0.3) is 21.8 Å². The first-order chi connectivity index (χ1) is 9.11. The molecular weight excluding hydrogens is 242 g/mol. The molecular formula is C14H13N3O2. The molecule has 96 valence electrons. The van der Waals surface area contributed by atoms with Gasteiger partial charge in [-0.05, 0) is 31.2 Å². The van der Waals surface area contributed by atoms with E-state index in [0.717, 1.165) is 28.4 Å². The van der Waals surface area contributed by atoms with Crippen LogP contribution in [-0.4, -0.2) is 9.49 Å². The van der Waals surface area contributed by atoms with Crippen LogP contribution in [0.5, 0.6) is 0 Å². The smallest absolute Gasteiger partial charge is 0.270 e. The van der Waals surface area contributed by atoms with Crippen LogP contribution < -0.4 is 5.73 Å². The zero-order valence-corrected chi connectivity index (χ0v) is 10.5. The van der Waals surface area contributed by atoms with Crippen molar-refractivity contribution < 1.29 is 4.92 Å². The Labute approximate surface area is 109 Å². The summed E-state index contributed by atoms with van der Waals surface area (Å²) in [5.41, 5.74) is 8.63. The molecule has 19 heavy (non-hydrogen) atoms. The van der Waals surface area contributed by atoms with E-state index < -0.39 is 0 Å². The van der Waals surface area contributed by atoms with E-state index in [1.54, 1.807) is 12.1 Å². The molecule has 5 heteroatoms. The minimum atomic E-state index is -0.374. The van der Waals surface area contributed by atoms with Gasteiger partial charge < -0.3 is 10.3 Å². The summed E-state index contributed by atoms with van der Waals surface area (Å²) in [6, 6.07) is 10.6. The van der Waals surface area contributed by atoms with Crippen molar-refractivity contribution in [1.82, 2.24) is 4.57 Å². The number of aromatic nitrogens is 1. The predicted octanol–water partition coefficient (Wildman–Crippen LogP) is 3.30. The molecule has 0 unspecified atom stereocenters. The van der Waals surface area contributed by atoms with Crippen LogP contribution in [0.1, 0.15) is 6.92 Å². The van der Waals surface area contributed by atoms with Gasteiger partial charge in [-0.3, -0.25) is 10.1 Å². The molecule has 0 bridgehead atoms. The highest BCUT2D eigenvalue weighted by molar-refractivity contribution is 6.09. The van der Waals surface area contributed by atoms with Crippen LogP contribution in [-0.2, 0) is 6.54 Å². The molecule has 3 rings (SSSR count). The summed E-state index contributed by atoms with van der Waals surface area (Å²) in [5, 5.41) is 12.7. The van der Waals surface area contributed by atoms with Crippen molar-refractivity contribution in [1.29, 1.82) is 0 Å². The first-order valence-electron chi connectivity index (χ1n) is 6.07. The molecule has 0 saturated heterocycles. The summed E-state index contributed by atoms with van der Waals surface area (Å²) in [7, 11) is 0. The van der Waals surface area contributed by atoms with Crippen molar-refractivity contribution in [3.05, 3.63) is 46.5 Å². The molecule has 1 heterocycles. The molecule has 0 fully saturated rings. The van der Waals surface area contributed by atoms with Crippen molar-refractivity contribution in [2.24, 2.45) is 0 Å². The number of nitrogens with two attached hydrogens (primary N) is 1. The van der Waals surface area contributed by atoms with Crippen LogP contribution in [0.15, 0.2) is 36.4 Å². The number of aryl methyl sites for hydroxylation is 1. The van der Waals surface area contributed by atoms with E-state index in [9.17, 15) is 10.1 Å². The second kappa shape index (κ2) is 3.98. The molecule has 2 aromatic carbocycles. The number of non-ortho nitro benzene ring substituents is 1. The van der Waals surface area contributed by atoms with E-state index in [1.165, 1.54) is 6.07 Å². The maximum absolute atomic E-state index is 10.9. The fraction of sp³-hybridized carbons (Fsp3) is 0.143. The Bertz CT molecular complexity index is 805. The van der Waals surface area contributed by atoms with Gasteiger partial charge in [-0.2, -0.15) is 0 Å². The number of fused-ring (bicyclic) bond motifs is 3. The van der Waals surface area contributed by atoms with E-state index >= 15 is 0 Å². The van der Waals surface area contributed by atoms with Gasteiger partial charge in [0, 0.05) is 46.2 Å². The van der Waals surface area contributed by atoms with Crippen LogP contribution in [0.2, 0.25) is 0 Å². The SMILES string of the molecule is CCn1c2ccc(N)cc2c2cc([N+](=O)[O-])ccc21. The lowest BCUT2D eigenvalue weighted by atomic mass is 10.1. The molecule has 0 amide bonds. The number of benzene rings is 2. The molecule has 5 nitrogen and oxygen atoms in total. The van der Waals surface area contributed by atoms with Crippen LogP contribution in [0, 0.1) is 10.1 Å². The first-order valence-corrected chi connectivity index (χ1v) is 6.07. The maximum atomic E-state index is 10.9. The van der Waals surface area contributed by atoms with Crippen molar-refractivity contribution in [3.63, 3.8) is 0 Å². The monoisotopic (exact) mass is 255 g/mol. The third kappa shape index (κ3) is 1.62. The van der Waals surface area contributed by atoms with Crippen molar-refractivity contribution in [2.75, 3.05) is 5.73 Å². The molecule has 1 aromatic heterocycles. The number of nitrogens with zero attached hydrogens (tertiary/aromatic N) is 2. The second-order valence-electron chi connectivity index (χ2n) is 4.48. The van der Waals surface area contributed by atoms with Crippen molar-refractivity contribution in [2.45, 2.75) is 13.5 Å². The van der Waals surface area contributed by atoms with Gasteiger partial charge in [-0.1, -0.05) is 0 Å². The lowest BCUT2D eigenvalue weighted by molar-refractivity contribution is -0.384. The average Bonchev–Trinajstić information content (AvgIpc) is 2.71. The molecule has 0 aliphatic carbocycles. The molecule has 0 radical (unpaired) electrons. The summed E-state index contributed by atoms with van der Waals surface area (Å²) in [5.74, 6) is 0. The van der Waals surface area contributed by atoms with Gasteiger partial charge in [-0.25, -0.2) is 0 Å². The van der Waals surface area contributed by atoms with Crippen molar-refractivity contribution in [3.8, 4) is 0 Å². The molecule has 0 saturated carbocycles. The lowest BCUT2D eigenvalue weighted by Crippen LogP contribution is -1.93. The molecule has 2 N–H and O–H groups in total. The zero-order valence-electron chi connectivity index (χ0n) is 10.5. The minimum absolute atomic E-state index is 0.102. The van der Waals surface area contributed by atoms with E-state index in [4.69, 9.17) is 5.73 Å².